The van der Waals surface area contributed by atoms with Crippen LogP contribution in [0.25, 0.3) is 11.1 Å². The van der Waals surface area contributed by atoms with Crippen molar-refractivity contribution in [2.75, 3.05) is 13.6 Å². The molecule has 3 heteroatoms. The molecule has 2 aromatic rings. The molecule has 0 aliphatic heterocycles. The number of oxazole rings is 1. The van der Waals surface area contributed by atoms with Crippen LogP contribution in [0.3, 0.4) is 0 Å². The number of nitrogens with one attached hydrogen (secondary N) is 1. The van der Waals surface area contributed by atoms with E-state index >= 15 is 0 Å². The second kappa shape index (κ2) is 3.80. The van der Waals surface area contributed by atoms with Gasteiger partial charge in [-0.05, 0) is 19.2 Å². The van der Waals surface area contributed by atoms with Gasteiger partial charge in [-0.3, -0.25) is 0 Å². The summed E-state index contributed by atoms with van der Waals surface area (Å²) in [7, 11) is 1.93. The van der Waals surface area contributed by atoms with Gasteiger partial charge >= 0.3 is 0 Å². The van der Waals surface area contributed by atoms with Gasteiger partial charge < -0.3 is 9.73 Å². The molecule has 0 aliphatic rings. The van der Waals surface area contributed by atoms with Crippen molar-refractivity contribution < 1.29 is 4.42 Å². The van der Waals surface area contributed by atoms with Crippen molar-refractivity contribution in [3.05, 3.63) is 30.2 Å². The van der Waals surface area contributed by atoms with E-state index in [1.807, 2.05) is 31.3 Å². The van der Waals surface area contributed by atoms with Crippen LogP contribution in [0.15, 0.2) is 28.7 Å². The van der Waals surface area contributed by atoms with E-state index in [1.165, 1.54) is 0 Å². The second-order valence-electron chi connectivity index (χ2n) is 3.48. The summed E-state index contributed by atoms with van der Waals surface area (Å²) in [6.45, 7) is 2.98. The Labute approximate surface area is 83.1 Å². The number of hydrogen-bond acceptors (Lipinski definition) is 3. The third-order valence-corrected chi connectivity index (χ3v) is 2.24. The molecule has 0 saturated carbocycles. The Morgan fingerprint density at radius 1 is 1.43 bits per heavy atom. The minimum atomic E-state index is 0.312. The van der Waals surface area contributed by atoms with Gasteiger partial charge in [-0.2, -0.15) is 0 Å². The number of fused-ring (bicyclic) bond motifs is 1. The zero-order valence-corrected chi connectivity index (χ0v) is 8.45. The van der Waals surface area contributed by atoms with Crippen LogP contribution in [0.1, 0.15) is 18.7 Å². The standard InChI is InChI=1S/C11H14N2O/c1-8(7-12-2)11-13-9-5-3-4-6-10(9)14-11/h3-6,8,12H,7H2,1-2H3. The summed E-state index contributed by atoms with van der Waals surface area (Å²) in [6.07, 6.45) is 0. The van der Waals surface area contributed by atoms with Gasteiger partial charge in [-0.25, -0.2) is 4.98 Å². The van der Waals surface area contributed by atoms with Gasteiger partial charge in [0.2, 0.25) is 0 Å². The molecule has 0 aliphatic carbocycles. The first-order valence-electron chi connectivity index (χ1n) is 4.81. The first-order valence-corrected chi connectivity index (χ1v) is 4.81. The Kier molecular flexibility index (Phi) is 2.50. The molecular formula is C11H14N2O. The van der Waals surface area contributed by atoms with Crippen molar-refractivity contribution in [3.8, 4) is 0 Å². The molecule has 0 spiro atoms. The van der Waals surface area contributed by atoms with E-state index in [2.05, 4.69) is 17.2 Å². The SMILES string of the molecule is CNCC(C)c1nc2ccccc2o1. The molecule has 2 rings (SSSR count). The van der Waals surface area contributed by atoms with E-state index in [1.54, 1.807) is 0 Å². The number of likely N-dealkylation sites (N-methyl/N-ethyl adjacent to an activating group) is 1. The minimum Gasteiger partial charge on any atom is -0.440 e. The van der Waals surface area contributed by atoms with E-state index in [9.17, 15) is 0 Å². The lowest BCUT2D eigenvalue weighted by atomic mass is 10.2. The number of para-hydroxylation sites is 2. The monoisotopic (exact) mass is 190 g/mol. The van der Waals surface area contributed by atoms with E-state index < -0.39 is 0 Å². The van der Waals surface area contributed by atoms with Gasteiger partial charge in [0.05, 0.1) is 0 Å². The highest BCUT2D eigenvalue weighted by molar-refractivity contribution is 5.72. The quantitative estimate of drug-likeness (QED) is 0.805. The molecule has 0 radical (unpaired) electrons. The van der Waals surface area contributed by atoms with Crippen LogP contribution in [0.5, 0.6) is 0 Å². The number of aromatic nitrogens is 1. The summed E-state index contributed by atoms with van der Waals surface area (Å²) in [6, 6.07) is 7.84. The fraction of sp³-hybridized carbons (Fsp3) is 0.364. The summed E-state index contributed by atoms with van der Waals surface area (Å²) in [5, 5.41) is 3.11. The van der Waals surface area contributed by atoms with Gasteiger partial charge in [-0.1, -0.05) is 19.1 Å². The van der Waals surface area contributed by atoms with Gasteiger partial charge in [0.25, 0.3) is 0 Å². The normalized spacial score (nSPS) is 13.3. The van der Waals surface area contributed by atoms with E-state index in [-0.39, 0.29) is 0 Å². The molecule has 1 atom stereocenters. The van der Waals surface area contributed by atoms with Crippen LogP contribution < -0.4 is 5.32 Å². The Bertz CT molecular complexity index is 389. The van der Waals surface area contributed by atoms with Crippen molar-refractivity contribution in [2.24, 2.45) is 0 Å². The average Bonchev–Trinajstić information content (AvgIpc) is 2.61. The van der Waals surface area contributed by atoms with Crippen LogP contribution in [0, 0.1) is 0 Å². The zero-order valence-electron chi connectivity index (χ0n) is 8.45. The summed E-state index contributed by atoms with van der Waals surface area (Å²) < 4.78 is 5.63. The minimum absolute atomic E-state index is 0.312. The molecule has 1 unspecified atom stereocenters. The molecular weight excluding hydrogens is 176 g/mol. The highest BCUT2D eigenvalue weighted by atomic mass is 16.3. The Balaban J connectivity index is 2.35. The third-order valence-electron chi connectivity index (χ3n) is 2.24. The Morgan fingerprint density at radius 3 is 2.93 bits per heavy atom. The molecule has 3 nitrogen and oxygen atoms in total. The molecule has 1 N–H and O–H groups in total. The lowest BCUT2D eigenvalue weighted by molar-refractivity contribution is 0.476. The molecule has 14 heavy (non-hydrogen) atoms. The van der Waals surface area contributed by atoms with Crippen LogP contribution in [-0.4, -0.2) is 18.6 Å². The fourth-order valence-electron chi connectivity index (χ4n) is 1.49. The van der Waals surface area contributed by atoms with Crippen LogP contribution in [0.4, 0.5) is 0 Å². The zero-order chi connectivity index (χ0) is 9.97. The molecule has 74 valence electrons. The summed E-state index contributed by atoms with van der Waals surface area (Å²) >= 11 is 0. The lowest BCUT2D eigenvalue weighted by Gasteiger charge is -2.04. The Morgan fingerprint density at radius 2 is 2.21 bits per heavy atom. The highest BCUT2D eigenvalue weighted by Crippen LogP contribution is 2.20. The summed E-state index contributed by atoms with van der Waals surface area (Å²) in [5.41, 5.74) is 1.80. The number of rotatable bonds is 3. The van der Waals surface area contributed by atoms with Crippen molar-refractivity contribution >= 4 is 11.1 Å². The molecule has 0 amide bonds. The van der Waals surface area contributed by atoms with Crippen LogP contribution >= 0.6 is 0 Å². The highest BCUT2D eigenvalue weighted by Gasteiger charge is 2.11. The first kappa shape index (κ1) is 9.21. The maximum atomic E-state index is 5.63. The largest absolute Gasteiger partial charge is 0.440 e. The fourth-order valence-corrected chi connectivity index (χ4v) is 1.49. The lowest BCUT2D eigenvalue weighted by Crippen LogP contribution is -2.14. The van der Waals surface area contributed by atoms with Crippen molar-refractivity contribution in [1.82, 2.24) is 10.3 Å². The Hall–Kier alpha value is -1.35. The predicted molar refractivity (Wildman–Crippen MR) is 56.4 cm³/mol. The number of benzene rings is 1. The van der Waals surface area contributed by atoms with Crippen LogP contribution in [0.2, 0.25) is 0 Å². The van der Waals surface area contributed by atoms with E-state index in [0.717, 1.165) is 23.5 Å². The van der Waals surface area contributed by atoms with Crippen molar-refractivity contribution in [3.63, 3.8) is 0 Å². The van der Waals surface area contributed by atoms with E-state index in [0.29, 0.717) is 5.92 Å². The van der Waals surface area contributed by atoms with E-state index in [4.69, 9.17) is 4.42 Å². The smallest absolute Gasteiger partial charge is 0.199 e. The second-order valence-corrected chi connectivity index (χ2v) is 3.48. The maximum absolute atomic E-state index is 5.63. The van der Waals surface area contributed by atoms with Crippen molar-refractivity contribution in [1.29, 1.82) is 0 Å². The summed E-state index contributed by atoms with van der Waals surface area (Å²) in [4.78, 5) is 4.42. The number of hydrogen-bond donors (Lipinski definition) is 1. The van der Waals surface area contributed by atoms with Crippen molar-refractivity contribution in [2.45, 2.75) is 12.8 Å². The van der Waals surface area contributed by atoms with Gasteiger partial charge in [-0.15, -0.1) is 0 Å². The number of nitrogens with zero attached hydrogens (tertiary/aromatic N) is 1. The van der Waals surface area contributed by atoms with Gasteiger partial charge in [0.1, 0.15) is 5.52 Å². The third kappa shape index (κ3) is 1.63. The molecule has 1 heterocycles. The van der Waals surface area contributed by atoms with Crippen LogP contribution in [-0.2, 0) is 0 Å². The predicted octanol–water partition coefficient (Wildman–Crippen LogP) is 2.15. The molecule has 0 bridgehead atoms. The molecule has 1 aromatic carbocycles. The molecule has 0 fully saturated rings. The summed E-state index contributed by atoms with van der Waals surface area (Å²) in [5.74, 6) is 1.12. The average molecular weight is 190 g/mol. The molecule has 0 saturated heterocycles. The molecule has 1 aromatic heterocycles. The maximum Gasteiger partial charge on any atom is 0.199 e. The topological polar surface area (TPSA) is 38.1 Å². The first-order chi connectivity index (χ1) is 6.81. The van der Waals surface area contributed by atoms with Gasteiger partial charge in [0, 0.05) is 12.5 Å². The van der Waals surface area contributed by atoms with Gasteiger partial charge in [0.15, 0.2) is 11.5 Å².